The van der Waals surface area contributed by atoms with Crippen molar-refractivity contribution in [2.45, 2.75) is 26.1 Å². The van der Waals surface area contributed by atoms with Crippen molar-refractivity contribution in [2.75, 3.05) is 26.4 Å². The average molecular weight is 300 g/mol. The Morgan fingerprint density at radius 3 is 2.86 bits per heavy atom. The highest BCUT2D eigenvalue weighted by Gasteiger charge is 2.23. The van der Waals surface area contributed by atoms with E-state index in [1.54, 1.807) is 6.07 Å². The first-order chi connectivity index (χ1) is 10.1. The van der Waals surface area contributed by atoms with Gasteiger partial charge in [0.05, 0.1) is 0 Å². The van der Waals surface area contributed by atoms with E-state index in [2.05, 4.69) is 21.9 Å². The highest BCUT2D eigenvalue weighted by atomic mass is 19.3. The second kappa shape index (κ2) is 6.03. The smallest absolute Gasteiger partial charge is 0.387 e. The first-order valence-corrected chi connectivity index (χ1v) is 6.95. The van der Waals surface area contributed by atoms with E-state index in [9.17, 15) is 8.78 Å². The van der Waals surface area contributed by atoms with E-state index in [1.165, 1.54) is 6.07 Å². The van der Waals surface area contributed by atoms with Gasteiger partial charge in [-0.2, -0.15) is 8.78 Å². The van der Waals surface area contributed by atoms with Gasteiger partial charge in [-0.05, 0) is 13.0 Å². The van der Waals surface area contributed by atoms with Crippen LogP contribution >= 0.6 is 0 Å². The number of nitrogens with one attached hydrogen (secondary N) is 1. The predicted molar refractivity (Wildman–Crippen MR) is 71.9 cm³/mol. The summed E-state index contributed by atoms with van der Waals surface area (Å²) >= 11 is 0. The van der Waals surface area contributed by atoms with E-state index >= 15 is 0 Å². The van der Waals surface area contributed by atoms with E-state index in [0.29, 0.717) is 29.6 Å². The van der Waals surface area contributed by atoms with Gasteiger partial charge in [0.1, 0.15) is 5.75 Å². The lowest BCUT2D eigenvalue weighted by Gasteiger charge is -2.32. The third-order valence-corrected chi connectivity index (χ3v) is 3.62. The van der Waals surface area contributed by atoms with Gasteiger partial charge in [0.25, 0.3) is 0 Å². The molecule has 0 aromatic heterocycles. The monoisotopic (exact) mass is 300 g/mol. The van der Waals surface area contributed by atoms with Crippen LogP contribution in [0.5, 0.6) is 17.2 Å². The van der Waals surface area contributed by atoms with Crippen molar-refractivity contribution < 1.29 is 23.0 Å². The van der Waals surface area contributed by atoms with E-state index in [1.807, 2.05) is 0 Å². The summed E-state index contributed by atoms with van der Waals surface area (Å²) in [5.41, 5.74) is 0.689. The summed E-state index contributed by atoms with van der Waals surface area (Å²) in [4.78, 5) is 2.21. The summed E-state index contributed by atoms with van der Waals surface area (Å²) in [6.45, 7) is 2.52. The summed E-state index contributed by atoms with van der Waals surface area (Å²) in [6, 6.07) is 3.59. The van der Waals surface area contributed by atoms with Gasteiger partial charge in [-0.1, -0.05) is 0 Å². The number of hydrogen-bond donors (Lipinski definition) is 1. The lowest BCUT2D eigenvalue weighted by atomic mass is 10.1. The lowest BCUT2D eigenvalue weighted by Crippen LogP contribution is -2.48. The molecule has 2 aliphatic rings. The molecule has 3 rings (SSSR count). The zero-order valence-electron chi connectivity index (χ0n) is 11.8. The molecular weight excluding hydrogens is 282 g/mol. The van der Waals surface area contributed by atoms with Crippen LogP contribution < -0.4 is 19.5 Å². The molecule has 5 nitrogen and oxygen atoms in total. The molecule has 0 bridgehead atoms. The third-order valence-electron chi connectivity index (χ3n) is 3.62. The highest BCUT2D eigenvalue weighted by Crippen LogP contribution is 2.39. The van der Waals surface area contributed by atoms with Crippen molar-refractivity contribution in [3.63, 3.8) is 0 Å². The Kier molecular flexibility index (Phi) is 4.12. The Morgan fingerprint density at radius 1 is 1.38 bits per heavy atom. The molecule has 21 heavy (non-hydrogen) atoms. The number of alkyl halides is 2. The van der Waals surface area contributed by atoms with Crippen LogP contribution in [0.25, 0.3) is 0 Å². The fourth-order valence-electron chi connectivity index (χ4n) is 2.69. The van der Waals surface area contributed by atoms with Crippen molar-refractivity contribution in [1.29, 1.82) is 0 Å². The van der Waals surface area contributed by atoms with Gasteiger partial charge in [-0.3, -0.25) is 4.90 Å². The van der Waals surface area contributed by atoms with Gasteiger partial charge in [-0.25, -0.2) is 0 Å². The Morgan fingerprint density at radius 2 is 2.14 bits per heavy atom. The summed E-state index contributed by atoms with van der Waals surface area (Å²) in [5, 5.41) is 3.35. The van der Waals surface area contributed by atoms with Crippen LogP contribution in [-0.4, -0.2) is 44.0 Å². The average Bonchev–Trinajstić information content (AvgIpc) is 2.85. The zero-order valence-corrected chi connectivity index (χ0v) is 11.8. The van der Waals surface area contributed by atoms with E-state index in [-0.39, 0.29) is 12.5 Å². The number of piperazine rings is 1. The normalized spacial score (nSPS) is 21.8. The molecule has 0 amide bonds. The van der Waals surface area contributed by atoms with Gasteiger partial charge >= 0.3 is 6.61 Å². The first kappa shape index (κ1) is 14.3. The molecule has 1 unspecified atom stereocenters. The van der Waals surface area contributed by atoms with E-state index < -0.39 is 6.61 Å². The molecule has 1 aromatic carbocycles. The third kappa shape index (κ3) is 3.36. The first-order valence-electron chi connectivity index (χ1n) is 6.95. The molecule has 1 N–H and O–H groups in total. The molecule has 116 valence electrons. The highest BCUT2D eigenvalue weighted by molar-refractivity contribution is 5.51. The molecule has 0 spiro atoms. The van der Waals surface area contributed by atoms with Gasteiger partial charge in [-0.15, -0.1) is 0 Å². The molecule has 7 heteroatoms. The van der Waals surface area contributed by atoms with Crippen LogP contribution in [-0.2, 0) is 6.54 Å². The minimum atomic E-state index is -2.86. The standard InChI is InChI=1S/C14H18F2N2O3/c1-9-6-18(3-2-17-9)7-10-4-12-13(20-8-19-12)5-11(10)21-14(15)16/h4-5,9,14,17H,2-3,6-8H2,1H3. The quantitative estimate of drug-likeness (QED) is 0.918. The van der Waals surface area contributed by atoms with Crippen molar-refractivity contribution in [3.8, 4) is 17.2 Å². The number of ether oxygens (including phenoxy) is 3. The van der Waals surface area contributed by atoms with Gasteiger partial charge in [0, 0.05) is 43.9 Å². The molecule has 1 saturated heterocycles. The summed E-state index contributed by atoms with van der Waals surface area (Å²) in [6.07, 6.45) is 0. The maximum absolute atomic E-state index is 12.6. The molecule has 2 aliphatic heterocycles. The maximum atomic E-state index is 12.6. The molecule has 1 atom stereocenters. The Bertz CT molecular complexity index is 513. The van der Waals surface area contributed by atoms with Gasteiger partial charge in [0.2, 0.25) is 6.79 Å². The van der Waals surface area contributed by atoms with Crippen LogP contribution in [0.4, 0.5) is 8.78 Å². The van der Waals surface area contributed by atoms with Crippen LogP contribution in [0.15, 0.2) is 12.1 Å². The molecule has 0 saturated carbocycles. The number of halogens is 2. The molecule has 1 aromatic rings. The summed E-state index contributed by atoms with van der Waals surface area (Å²) in [7, 11) is 0. The van der Waals surface area contributed by atoms with E-state index in [0.717, 1.165) is 19.6 Å². The number of benzene rings is 1. The Balaban J connectivity index is 1.81. The fourth-order valence-corrected chi connectivity index (χ4v) is 2.69. The number of fused-ring (bicyclic) bond motifs is 1. The molecule has 0 radical (unpaired) electrons. The molecular formula is C14H18F2N2O3. The second-order valence-electron chi connectivity index (χ2n) is 5.28. The van der Waals surface area contributed by atoms with Crippen molar-refractivity contribution in [1.82, 2.24) is 10.2 Å². The maximum Gasteiger partial charge on any atom is 0.387 e. The fraction of sp³-hybridized carbons (Fsp3) is 0.571. The number of hydrogen-bond acceptors (Lipinski definition) is 5. The van der Waals surface area contributed by atoms with Crippen LogP contribution in [0, 0.1) is 0 Å². The summed E-state index contributed by atoms with van der Waals surface area (Å²) in [5.74, 6) is 1.18. The Labute approximate surface area is 121 Å². The molecule has 1 fully saturated rings. The van der Waals surface area contributed by atoms with Crippen molar-refractivity contribution in [2.24, 2.45) is 0 Å². The number of rotatable bonds is 4. The van der Waals surface area contributed by atoms with Crippen LogP contribution in [0.2, 0.25) is 0 Å². The summed E-state index contributed by atoms with van der Waals surface area (Å²) < 4.78 is 40.3. The second-order valence-corrected chi connectivity index (χ2v) is 5.28. The van der Waals surface area contributed by atoms with E-state index in [4.69, 9.17) is 9.47 Å². The van der Waals surface area contributed by atoms with Crippen LogP contribution in [0.1, 0.15) is 12.5 Å². The molecule has 2 heterocycles. The SMILES string of the molecule is CC1CN(Cc2cc3c(cc2OC(F)F)OCO3)CCN1. The van der Waals surface area contributed by atoms with Gasteiger partial charge in [0.15, 0.2) is 11.5 Å². The minimum Gasteiger partial charge on any atom is -0.454 e. The lowest BCUT2D eigenvalue weighted by molar-refractivity contribution is -0.0509. The largest absolute Gasteiger partial charge is 0.454 e. The topological polar surface area (TPSA) is 43.0 Å². The van der Waals surface area contributed by atoms with Crippen molar-refractivity contribution in [3.05, 3.63) is 17.7 Å². The Hall–Kier alpha value is -1.60. The van der Waals surface area contributed by atoms with Gasteiger partial charge < -0.3 is 19.5 Å². The van der Waals surface area contributed by atoms with Crippen molar-refractivity contribution >= 4 is 0 Å². The predicted octanol–water partition coefficient (Wildman–Crippen LogP) is 1.81. The zero-order chi connectivity index (χ0) is 14.8. The number of nitrogens with zero attached hydrogens (tertiary/aromatic N) is 1. The molecule has 0 aliphatic carbocycles. The van der Waals surface area contributed by atoms with Crippen LogP contribution in [0.3, 0.4) is 0 Å². The minimum absolute atomic E-state index is 0.109.